The lowest BCUT2D eigenvalue weighted by Crippen LogP contribution is -2.41. The maximum Gasteiger partial charge on any atom is 0.113 e. The van der Waals surface area contributed by atoms with Gasteiger partial charge >= 0.3 is 0 Å². The molecule has 0 aliphatic heterocycles. The summed E-state index contributed by atoms with van der Waals surface area (Å²) in [6.07, 6.45) is -5.22. The van der Waals surface area contributed by atoms with Crippen LogP contribution in [0.3, 0.4) is 0 Å². The number of benzene rings is 3. The van der Waals surface area contributed by atoms with Crippen LogP contribution >= 0.6 is 0 Å². The van der Waals surface area contributed by atoms with Crippen LogP contribution in [0.4, 0.5) is 0 Å². The lowest BCUT2D eigenvalue weighted by molar-refractivity contribution is -0.119. The van der Waals surface area contributed by atoms with Gasteiger partial charge in [0.15, 0.2) is 0 Å². The Balaban J connectivity index is 2.08. The summed E-state index contributed by atoms with van der Waals surface area (Å²) in [6, 6.07) is 15.4. The lowest BCUT2D eigenvalue weighted by atomic mass is 9.80. The fraction of sp³-hybridized carbons (Fsp3) is 0.222. The molecule has 0 aromatic heterocycles. The smallest absolute Gasteiger partial charge is 0.113 e. The number of hydrogen-bond donors (Lipinski definition) is 4. The van der Waals surface area contributed by atoms with Crippen molar-refractivity contribution in [2.24, 2.45) is 0 Å². The maximum atomic E-state index is 10.4. The van der Waals surface area contributed by atoms with E-state index in [2.05, 4.69) is 0 Å². The van der Waals surface area contributed by atoms with Crippen LogP contribution in [0.15, 0.2) is 48.5 Å². The fourth-order valence-corrected chi connectivity index (χ4v) is 3.37. The van der Waals surface area contributed by atoms with Crippen LogP contribution in [0.25, 0.3) is 21.5 Å². The SMILES string of the molecule is O[C@@H]1[C@H](O)[C@H](O)c2ccc3cc4ccccc4cc3c2[C@H]1O. The van der Waals surface area contributed by atoms with Crippen molar-refractivity contribution in [3.63, 3.8) is 0 Å². The topological polar surface area (TPSA) is 80.9 Å². The second kappa shape index (κ2) is 4.76. The normalized spacial score (nSPS) is 28.0. The molecule has 0 fully saturated rings. The van der Waals surface area contributed by atoms with E-state index in [4.69, 9.17) is 0 Å². The summed E-state index contributed by atoms with van der Waals surface area (Å²) in [5.41, 5.74) is 0.960. The Hall–Kier alpha value is -1.98. The van der Waals surface area contributed by atoms with Crippen molar-refractivity contribution < 1.29 is 20.4 Å². The van der Waals surface area contributed by atoms with Gasteiger partial charge in [-0.2, -0.15) is 0 Å². The molecule has 0 heterocycles. The molecule has 0 spiro atoms. The third-order valence-electron chi connectivity index (χ3n) is 4.57. The molecule has 1 aliphatic carbocycles. The third-order valence-corrected chi connectivity index (χ3v) is 4.57. The molecule has 3 aromatic rings. The molecule has 0 radical (unpaired) electrons. The van der Waals surface area contributed by atoms with E-state index >= 15 is 0 Å². The Morgan fingerprint density at radius 2 is 1.27 bits per heavy atom. The number of hydrogen-bond acceptors (Lipinski definition) is 4. The van der Waals surface area contributed by atoms with Gasteiger partial charge in [-0.05, 0) is 44.8 Å². The van der Waals surface area contributed by atoms with Crippen molar-refractivity contribution in [2.75, 3.05) is 0 Å². The third kappa shape index (κ3) is 1.79. The van der Waals surface area contributed by atoms with Crippen LogP contribution in [-0.4, -0.2) is 32.6 Å². The summed E-state index contributed by atoms with van der Waals surface area (Å²) in [5.74, 6) is 0. The summed E-state index contributed by atoms with van der Waals surface area (Å²) < 4.78 is 0. The van der Waals surface area contributed by atoms with Gasteiger partial charge in [-0.3, -0.25) is 0 Å². The summed E-state index contributed by atoms with van der Waals surface area (Å²) in [4.78, 5) is 0. The second-order valence-electron chi connectivity index (χ2n) is 5.86. The number of aliphatic hydroxyl groups excluding tert-OH is 4. The first-order chi connectivity index (χ1) is 10.6. The molecule has 22 heavy (non-hydrogen) atoms. The molecule has 4 nitrogen and oxygen atoms in total. The Labute approximate surface area is 126 Å². The van der Waals surface area contributed by atoms with E-state index in [9.17, 15) is 20.4 Å². The first-order valence-corrected chi connectivity index (χ1v) is 7.25. The number of fused-ring (bicyclic) bond motifs is 4. The summed E-state index contributed by atoms with van der Waals surface area (Å²) in [7, 11) is 0. The Morgan fingerprint density at radius 3 is 2.00 bits per heavy atom. The number of aliphatic hydroxyl groups is 4. The van der Waals surface area contributed by atoms with Crippen molar-refractivity contribution in [3.05, 3.63) is 59.7 Å². The van der Waals surface area contributed by atoms with Gasteiger partial charge in [0.25, 0.3) is 0 Å². The van der Waals surface area contributed by atoms with Crippen LogP contribution in [0.1, 0.15) is 23.3 Å². The molecule has 0 saturated carbocycles. The van der Waals surface area contributed by atoms with E-state index in [0.29, 0.717) is 11.1 Å². The molecular formula is C18H16O4. The van der Waals surface area contributed by atoms with E-state index in [1.807, 2.05) is 42.5 Å². The summed E-state index contributed by atoms with van der Waals surface area (Å²) in [6.45, 7) is 0. The van der Waals surface area contributed by atoms with Crippen molar-refractivity contribution in [1.82, 2.24) is 0 Å². The largest absolute Gasteiger partial charge is 0.387 e. The zero-order valence-corrected chi connectivity index (χ0v) is 11.7. The minimum absolute atomic E-state index is 0.466. The van der Waals surface area contributed by atoms with Gasteiger partial charge < -0.3 is 20.4 Å². The molecule has 4 heteroatoms. The van der Waals surface area contributed by atoms with Crippen LogP contribution in [0, 0.1) is 0 Å². The zero-order valence-electron chi connectivity index (χ0n) is 11.7. The average molecular weight is 296 g/mol. The molecule has 112 valence electrons. The van der Waals surface area contributed by atoms with Crippen LogP contribution in [0.2, 0.25) is 0 Å². The molecule has 0 saturated heterocycles. The van der Waals surface area contributed by atoms with Crippen molar-refractivity contribution in [1.29, 1.82) is 0 Å². The Morgan fingerprint density at radius 1 is 0.636 bits per heavy atom. The summed E-state index contributed by atoms with van der Waals surface area (Å²) in [5, 5.41) is 44.2. The van der Waals surface area contributed by atoms with E-state index < -0.39 is 24.4 Å². The fourth-order valence-electron chi connectivity index (χ4n) is 3.37. The Bertz CT molecular complexity index is 873. The average Bonchev–Trinajstić information content (AvgIpc) is 2.55. The van der Waals surface area contributed by atoms with Crippen LogP contribution in [-0.2, 0) is 0 Å². The van der Waals surface area contributed by atoms with Gasteiger partial charge in [0.2, 0.25) is 0 Å². The predicted molar refractivity (Wildman–Crippen MR) is 83.4 cm³/mol. The molecule has 0 amide bonds. The lowest BCUT2D eigenvalue weighted by Gasteiger charge is -2.35. The van der Waals surface area contributed by atoms with E-state index in [0.717, 1.165) is 21.5 Å². The van der Waals surface area contributed by atoms with Gasteiger partial charge in [0, 0.05) is 0 Å². The van der Waals surface area contributed by atoms with E-state index in [1.54, 1.807) is 6.07 Å². The van der Waals surface area contributed by atoms with Gasteiger partial charge in [-0.25, -0.2) is 0 Å². The molecule has 4 atom stereocenters. The van der Waals surface area contributed by atoms with Crippen LogP contribution in [0.5, 0.6) is 0 Å². The van der Waals surface area contributed by atoms with Gasteiger partial charge in [0.1, 0.15) is 24.4 Å². The highest BCUT2D eigenvalue weighted by Gasteiger charge is 2.40. The molecular weight excluding hydrogens is 280 g/mol. The van der Waals surface area contributed by atoms with Crippen molar-refractivity contribution in [3.8, 4) is 0 Å². The monoisotopic (exact) mass is 296 g/mol. The van der Waals surface area contributed by atoms with Crippen LogP contribution < -0.4 is 0 Å². The molecule has 0 bridgehead atoms. The van der Waals surface area contributed by atoms with Gasteiger partial charge in [0.05, 0.1) is 0 Å². The molecule has 1 aliphatic rings. The molecule has 4 N–H and O–H groups in total. The predicted octanol–water partition coefficient (Wildman–Crippen LogP) is 1.80. The molecule has 4 rings (SSSR count). The highest BCUT2D eigenvalue weighted by molar-refractivity contribution is 6.00. The molecule has 0 unspecified atom stereocenters. The molecule has 3 aromatic carbocycles. The highest BCUT2D eigenvalue weighted by atomic mass is 16.4. The highest BCUT2D eigenvalue weighted by Crippen LogP contribution is 2.41. The number of rotatable bonds is 0. The minimum Gasteiger partial charge on any atom is -0.387 e. The first kappa shape index (κ1) is 13.7. The van der Waals surface area contributed by atoms with E-state index in [-0.39, 0.29) is 0 Å². The second-order valence-corrected chi connectivity index (χ2v) is 5.86. The zero-order chi connectivity index (χ0) is 15.4. The summed E-state index contributed by atoms with van der Waals surface area (Å²) >= 11 is 0. The van der Waals surface area contributed by atoms with Crippen molar-refractivity contribution in [2.45, 2.75) is 24.4 Å². The van der Waals surface area contributed by atoms with Crippen molar-refractivity contribution >= 4 is 21.5 Å². The quantitative estimate of drug-likeness (QED) is 0.477. The van der Waals surface area contributed by atoms with E-state index in [1.165, 1.54) is 0 Å². The standard InChI is InChI=1S/C18H16O4/c19-15-12-6-5-11-7-9-3-1-2-4-10(9)8-13(11)14(12)16(20)18(22)17(15)21/h1-8,15-22H/t15-,16-,17-,18+/m1/s1. The minimum atomic E-state index is -1.40. The van der Waals surface area contributed by atoms with Gasteiger partial charge in [-0.15, -0.1) is 0 Å². The maximum absolute atomic E-state index is 10.4. The van der Waals surface area contributed by atoms with Gasteiger partial charge in [-0.1, -0.05) is 36.4 Å². The Kier molecular flexibility index (Phi) is 2.96. The first-order valence-electron chi connectivity index (χ1n) is 7.25.